The van der Waals surface area contributed by atoms with Gasteiger partial charge in [0.05, 0.1) is 24.1 Å². The number of anilines is 1. The number of pyridine rings is 1. The predicted molar refractivity (Wildman–Crippen MR) is 58.8 cm³/mol. The summed E-state index contributed by atoms with van der Waals surface area (Å²) in [6, 6.07) is 1.41. The maximum atomic E-state index is 11.5. The minimum absolute atomic E-state index is 0.228. The Morgan fingerprint density at radius 1 is 1.67 bits per heavy atom. The predicted octanol–water partition coefficient (Wildman–Crippen LogP) is 2.27. The summed E-state index contributed by atoms with van der Waals surface area (Å²) in [7, 11) is 0. The number of nitrogens with zero attached hydrogens (tertiary/aromatic N) is 1. The minimum Gasteiger partial charge on any atom is -0.462 e. The van der Waals surface area contributed by atoms with E-state index < -0.39 is 5.97 Å². The van der Waals surface area contributed by atoms with Gasteiger partial charge in [-0.2, -0.15) is 0 Å². The van der Waals surface area contributed by atoms with E-state index in [2.05, 4.69) is 4.98 Å². The molecule has 0 bridgehead atoms. The van der Waals surface area contributed by atoms with Crippen LogP contribution in [0.15, 0.2) is 12.3 Å². The first-order chi connectivity index (χ1) is 7.15. The van der Waals surface area contributed by atoms with Crippen molar-refractivity contribution in [1.82, 2.24) is 4.98 Å². The average molecular weight is 229 g/mol. The van der Waals surface area contributed by atoms with Gasteiger partial charge in [0.1, 0.15) is 5.15 Å². The van der Waals surface area contributed by atoms with Crippen LogP contribution >= 0.6 is 11.6 Å². The Bertz CT molecular complexity index is 355. The molecular weight excluding hydrogens is 216 g/mol. The van der Waals surface area contributed by atoms with Crippen molar-refractivity contribution in [1.29, 1.82) is 0 Å². The zero-order valence-electron chi connectivity index (χ0n) is 8.50. The smallest absolute Gasteiger partial charge is 0.340 e. The summed E-state index contributed by atoms with van der Waals surface area (Å²) < 4.78 is 5.00. The number of halogens is 1. The normalized spacial score (nSPS) is 10.0. The molecule has 0 fully saturated rings. The average Bonchev–Trinajstić information content (AvgIpc) is 2.22. The van der Waals surface area contributed by atoms with Crippen LogP contribution in [-0.4, -0.2) is 17.6 Å². The second kappa shape index (κ2) is 5.56. The van der Waals surface area contributed by atoms with Gasteiger partial charge in [-0.25, -0.2) is 9.78 Å². The van der Waals surface area contributed by atoms with Gasteiger partial charge in [0, 0.05) is 0 Å². The standard InChI is InChI=1S/C10H13ClN2O2/c1-2-3-4-15-10(14)7-5-9(11)13-6-8(7)12/h5-6H,2-4,12H2,1H3. The highest BCUT2D eigenvalue weighted by atomic mass is 35.5. The van der Waals surface area contributed by atoms with Gasteiger partial charge in [-0.1, -0.05) is 24.9 Å². The molecule has 4 nitrogen and oxygen atoms in total. The molecule has 2 N–H and O–H groups in total. The molecule has 1 rings (SSSR count). The molecule has 0 spiro atoms. The highest BCUT2D eigenvalue weighted by Crippen LogP contribution is 2.16. The molecule has 5 heteroatoms. The Kier molecular flexibility index (Phi) is 4.37. The molecule has 1 aromatic rings. The van der Waals surface area contributed by atoms with E-state index in [-0.39, 0.29) is 16.4 Å². The third kappa shape index (κ3) is 3.40. The van der Waals surface area contributed by atoms with Crippen molar-refractivity contribution < 1.29 is 9.53 Å². The summed E-state index contributed by atoms with van der Waals surface area (Å²) >= 11 is 5.65. The van der Waals surface area contributed by atoms with E-state index in [9.17, 15) is 4.79 Å². The van der Waals surface area contributed by atoms with Crippen molar-refractivity contribution in [2.75, 3.05) is 12.3 Å². The van der Waals surface area contributed by atoms with E-state index in [1.807, 2.05) is 6.92 Å². The second-order valence-electron chi connectivity index (χ2n) is 3.08. The largest absolute Gasteiger partial charge is 0.462 e. The molecule has 15 heavy (non-hydrogen) atoms. The van der Waals surface area contributed by atoms with Gasteiger partial charge >= 0.3 is 5.97 Å². The molecule has 0 radical (unpaired) electrons. The Labute approximate surface area is 93.4 Å². The zero-order chi connectivity index (χ0) is 11.3. The van der Waals surface area contributed by atoms with E-state index in [0.717, 1.165) is 12.8 Å². The van der Waals surface area contributed by atoms with Gasteiger partial charge in [-0.05, 0) is 12.5 Å². The van der Waals surface area contributed by atoms with Crippen LogP contribution in [0, 0.1) is 0 Å². The number of nitrogen functional groups attached to an aromatic ring is 1. The fourth-order valence-corrected chi connectivity index (χ4v) is 1.16. The molecule has 0 aliphatic heterocycles. The third-order valence-electron chi connectivity index (χ3n) is 1.85. The third-order valence-corrected chi connectivity index (χ3v) is 2.06. The molecule has 0 atom stereocenters. The van der Waals surface area contributed by atoms with Gasteiger partial charge in [-0.3, -0.25) is 0 Å². The fraction of sp³-hybridized carbons (Fsp3) is 0.400. The number of rotatable bonds is 4. The number of ether oxygens (including phenoxy) is 1. The molecule has 0 unspecified atom stereocenters. The Morgan fingerprint density at radius 3 is 3.07 bits per heavy atom. The van der Waals surface area contributed by atoms with Crippen molar-refractivity contribution in [3.05, 3.63) is 23.0 Å². The monoisotopic (exact) mass is 228 g/mol. The van der Waals surface area contributed by atoms with Crippen LogP contribution in [0.4, 0.5) is 5.69 Å². The molecule has 0 aliphatic rings. The first kappa shape index (κ1) is 11.8. The van der Waals surface area contributed by atoms with Gasteiger partial charge in [0.2, 0.25) is 0 Å². The fourth-order valence-electron chi connectivity index (χ4n) is 1.00. The number of hydrogen-bond donors (Lipinski definition) is 1. The minimum atomic E-state index is -0.453. The molecule has 0 aromatic carbocycles. The van der Waals surface area contributed by atoms with Crippen LogP contribution in [0.3, 0.4) is 0 Å². The maximum absolute atomic E-state index is 11.5. The summed E-state index contributed by atoms with van der Waals surface area (Å²) in [5.41, 5.74) is 6.12. The number of carbonyl (C=O) groups is 1. The Hall–Kier alpha value is -1.29. The number of unbranched alkanes of at least 4 members (excludes halogenated alkanes) is 1. The maximum Gasteiger partial charge on any atom is 0.340 e. The summed E-state index contributed by atoms with van der Waals surface area (Å²) in [5, 5.41) is 0.228. The summed E-state index contributed by atoms with van der Waals surface area (Å²) in [6.07, 6.45) is 3.16. The van der Waals surface area contributed by atoms with Gasteiger partial charge in [0.15, 0.2) is 0 Å². The molecular formula is C10H13ClN2O2. The molecule has 0 aliphatic carbocycles. The van der Waals surface area contributed by atoms with Crippen molar-refractivity contribution >= 4 is 23.3 Å². The van der Waals surface area contributed by atoms with Crippen molar-refractivity contribution in [2.24, 2.45) is 0 Å². The second-order valence-corrected chi connectivity index (χ2v) is 3.47. The number of carbonyl (C=O) groups excluding carboxylic acids is 1. The topological polar surface area (TPSA) is 65.2 Å². The van der Waals surface area contributed by atoms with Crippen LogP contribution in [0.1, 0.15) is 30.1 Å². The van der Waals surface area contributed by atoms with E-state index >= 15 is 0 Å². The first-order valence-corrected chi connectivity index (χ1v) is 5.11. The lowest BCUT2D eigenvalue weighted by atomic mass is 10.2. The van der Waals surface area contributed by atoms with E-state index in [4.69, 9.17) is 22.1 Å². The summed E-state index contributed by atoms with van der Waals surface area (Å²) in [5.74, 6) is -0.453. The molecule has 82 valence electrons. The highest BCUT2D eigenvalue weighted by Gasteiger charge is 2.11. The Balaban J connectivity index is 2.68. The van der Waals surface area contributed by atoms with Gasteiger partial charge < -0.3 is 10.5 Å². The van der Waals surface area contributed by atoms with Gasteiger partial charge in [-0.15, -0.1) is 0 Å². The van der Waals surface area contributed by atoms with Crippen molar-refractivity contribution in [3.8, 4) is 0 Å². The summed E-state index contributed by atoms with van der Waals surface area (Å²) in [6.45, 7) is 2.42. The van der Waals surface area contributed by atoms with Crippen molar-refractivity contribution in [3.63, 3.8) is 0 Å². The van der Waals surface area contributed by atoms with E-state index in [1.54, 1.807) is 0 Å². The quantitative estimate of drug-likeness (QED) is 0.488. The highest BCUT2D eigenvalue weighted by molar-refractivity contribution is 6.29. The lowest BCUT2D eigenvalue weighted by Gasteiger charge is -2.06. The molecule has 0 saturated carbocycles. The van der Waals surface area contributed by atoms with Crippen molar-refractivity contribution in [2.45, 2.75) is 19.8 Å². The molecule has 1 aromatic heterocycles. The Morgan fingerprint density at radius 2 is 2.40 bits per heavy atom. The van der Waals surface area contributed by atoms with Crippen LogP contribution in [0.5, 0.6) is 0 Å². The van der Waals surface area contributed by atoms with Gasteiger partial charge in [0.25, 0.3) is 0 Å². The SMILES string of the molecule is CCCCOC(=O)c1cc(Cl)ncc1N. The number of esters is 1. The molecule has 1 heterocycles. The summed E-state index contributed by atoms with van der Waals surface area (Å²) in [4.78, 5) is 15.3. The molecule has 0 amide bonds. The van der Waals surface area contributed by atoms with Crippen LogP contribution < -0.4 is 5.73 Å². The first-order valence-electron chi connectivity index (χ1n) is 4.73. The lowest BCUT2D eigenvalue weighted by Crippen LogP contribution is -2.09. The number of nitrogens with two attached hydrogens (primary N) is 1. The van der Waals surface area contributed by atoms with Crippen LogP contribution in [0.2, 0.25) is 5.15 Å². The lowest BCUT2D eigenvalue weighted by molar-refractivity contribution is 0.0501. The molecule has 0 saturated heterocycles. The number of aromatic nitrogens is 1. The zero-order valence-corrected chi connectivity index (χ0v) is 9.25. The number of hydrogen-bond acceptors (Lipinski definition) is 4. The van der Waals surface area contributed by atoms with Crippen LogP contribution in [-0.2, 0) is 4.74 Å². The van der Waals surface area contributed by atoms with E-state index in [0.29, 0.717) is 6.61 Å². The van der Waals surface area contributed by atoms with E-state index in [1.165, 1.54) is 12.3 Å². The van der Waals surface area contributed by atoms with Crippen LogP contribution in [0.25, 0.3) is 0 Å².